The van der Waals surface area contributed by atoms with Crippen LogP contribution in [0.3, 0.4) is 0 Å². The second-order valence-corrected chi connectivity index (χ2v) is 13.9. The lowest BCUT2D eigenvalue weighted by atomic mass is 10.0. The molecule has 0 fully saturated rings. The minimum atomic E-state index is -0.634. The molecule has 0 unspecified atom stereocenters. The van der Waals surface area contributed by atoms with Crippen molar-refractivity contribution in [3.8, 4) is 0 Å². The van der Waals surface area contributed by atoms with Gasteiger partial charge in [0.1, 0.15) is 0 Å². The highest BCUT2D eigenvalue weighted by atomic mass is 28.2. The molecular formula is C30H26MgSi. The second-order valence-electron chi connectivity index (χ2n) is 9.62. The summed E-state index contributed by atoms with van der Waals surface area (Å²) in [5, 5.41) is 7.29. The molecule has 0 amide bonds. The molecule has 0 aromatic heterocycles. The average Bonchev–Trinajstić information content (AvgIpc) is 3.27. The van der Waals surface area contributed by atoms with E-state index < -0.39 is 28.8 Å². The lowest BCUT2D eigenvalue weighted by Gasteiger charge is -2.14. The van der Waals surface area contributed by atoms with Gasteiger partial charge in [-0.2, -0.15) is 7.40 Å². The Labute approximate surface area is 201 Å². The molecule has 0 bridgehead atoms. The van der Waals surface area contributed by atoms with E-state index in [1.165, 1.54) is 32.7 Å². The summed E-state index contributed by atoms with van der Waals surface area (Å²) in [6.07, 6.45) is 1.12. The molecule has 2 aliphatic carbocycles. The zero-order chi connectivity index (χ0) is 22.0. The third kappa shape index (κ3) is 2.97. The van der Waals surface area contributed by atoms with Gasteiger partial charge >= 0.3 is 20.4 Å². The van der Waals surface area contributed by atoms with Gasteiger partial charge in [-0.05, 0) is 69.2 Å². The van der Waals surface area contributed by atoms with Crippen LogP contribution in [0.2, 0.25) is 13.1 Å². The van der Waals surface area contributed by atoms with Gasteiger partial charge in [-0.3, -0.25) is 0 Å². The van der Waals surface area contributed by atoms with Crippen LogP contribution in [0.4, 0.5) is 0 Å². The van der Waals surface area contributed by atoms with E-state index in [0.29, 0.717) is 0 Å². The molecule has 0 atom stereocenters. The van der Waals surface area contributed by atoms with E-state index >= 15 is 0 Å². The van der Waals surface area contributed by atoms with Crippen molar-refractivity contribution >= 4 is 62.9 Å². The fraction of sp³-hybridized carbons (Fsp3) is 0.167. The molecule has 0 spiro atoms. The maximum Gasteiger partial charge on any atom is 0.452 e. The molecule has 0 radical (unpaired) electrons. The zero-order valence-electron chi connectivity index (χ0n) is 19.3. The molecule has 6 rings (SSSR count). The molecule has 2 aliphatic rings. The van der Waals surface area contributed by atoms with E-state index in [2.05, 4.69) is 99.7 Å². The number of benzene rings is 4. The predicted octanol–water partition coefficient (Wildman–Crippen LogP) is 7.29. The Hall–Kier alpha value is -2.27. The summed E-state index contributed by atoms with van der Waals surface area (Å²) in [5.74, 6) is 0. The Balaban J connectivity index is 1.59. The summed E-state index contributed by atoms with van der Waals surface area (Å²) >= 11 is -0.634. The fourth-order valence-corrected chi connectivity index (χ4v) is 10.3. The maximum atomic E-state index is 2.45. The van der Waals surface area contributed by atoms with Crippen LogP contribution in [-0.2, 0) is 6.42 Å². The van der Waals surface area contributed by atoms with Crippen LogP contribution < -0.4 is 0 Å². The van der Waals surface area contributed by atoms with Crippen molar-refractivity contribution in [2.24, 2.45) is 0 Å². The highest BCUT2D eigenvalue weighted by Crippen LogP contribution is 2.43. The zero-order valence-corrected chi connectivity index (χ0v) is 21.8. The first-order chi connectivity index (χ1) is 15.5. The van der Waals surface area contributed by atoms with Crippen molar-refractivity contribution in [3.63, 3.8) is 0 Å². The normalized spacial score (nSPS) is 14.9. The van der Waals surface area contributed by atoms with Gasteiger partial charge in [-0.15, -0.1) is 0 Å². The molecule has 0 heterocycles. The van der Waals surface area contributed by atoms with Crippen LogP contribution in [0, 0.1) is 0 Å². The Morgan fingerprint density at radius 1 is 0.688 bits per heavy atom. The topological polar surface area (TPSA) is 0 Å². The molecule has 0 saturated heterocycles. The van der Waals surface area contributed by atoms with Gasteiger partial charge in [-0.25, -0.2) is 0 Å². The average molecular weight is 439 g/mol. The first-order valence-corrected chi connectivity index (χ1v) is 15.6. The maximum absolute atomic E-state index is 2.45. The van der Waals surface area contributed by atoms with Crippen LogP contribution in [-0.4, -0.2) is 33.9 Å². The Morgan fingerprint density at radius 3 is 2.00 bits per heavy atom. The fourth-order valence-electron chi connectivity index (χ4n) is 6.05. The Kier molecular flexibility index (Phi) is 4.87. The van der Waals surface area contributed by atoms with Crippen molar-refractivity contribution in [2.45, 2.75) is 33.4 Å². The Bertz CT molecular complexity index is 1540. The molecule has 0 N–H and O–H groups in total. The minimum absolute atomic E-state index is 0.549. The summed E-state index contributed by atoms with van der Waals surface area (Å²) in [6.45, 7) is 9.70. The number of fused-ring (bicyclic) bond motifs is 6. The quantitative estimate of drug-likeness (QED) is 0.288. The second kappa shape index (κ2) is 7.65. The summed E-state index contributed by atoms with van der Waals surface area (Å²) in [7, 11) is -0.549. The van der Waals surface area contributed by atoms with Crippen molar-refractivity contribution in [1.29, 1.82) is 0 Å². The molecule has 4 aromatic carbocycles. The van der Waals surface area contributed by atoms with Crippen LogP contribution in [0.1, 0.15) is 36.1 Å². The monoisotopic (exact) mass is 438 g/mol. The number of rotatable bonds is 2. The number of hydrogen-bond donors (Lipinski definition) is 0. The lowest BCUT2D eigenvalue weighted by Crippen LogP contribution is -2.10. The molecule has 0 saturated carbocycles. The van der Waals surface area contributed by atoms with Crippen molar-refractivity contribution in [1.82, 2.24) is 0 Å². The molecule has 0 aliphatic heterocycles. The van der Waals surface area contributed by atoms with Crippen LogP contribution in [0.5, 0.6) is 0 Å². The highest BCUT2D eigenvalue weighted by Gasteiger charge is 2.30. The number of hydrogen-bond acceptors (Lipinski definition) is 0. The van der Waals surface area contributed by atoms with Gasteiger partial charge in [0.2, 0.25) is 0 Å². The molecule has 4 aromatic rings. The Morgan fingerprint density at radius 2 is 1.31 bits per heavy atom. The number of allylic oxidation sites excluding steroid dienone is 2. The van der Waals surface area contributed by atoms with Gasteiger partial charge in [0.05, 0.1) is 0 Å². The molecule has 0 nitrogen and oxygen atoms in total. The van der Waals surface area contributed by atoms with E-state index in [4.69, 9.17) is 0 Å². The van der Waals surface area contributed by atoms with Gasteiger partial charge in [0.25, 0.3) is 0 Å². The lowest BCUT2D eigenvalue weighted by molar-refractivity contribution is 1.20. The molecule has 2 heteroatoms. The third-order valence-electron chi connectivity index (χ3n) is 7.47. The molecule has 32 heavy (non-hydrogen) atoms. The first kappa shape index (κ1) is 20.3. The largest absolute Gasteiger partial charge is 0.452 e. The summed E-state index contributed by atoms with van der Waals surface area (Å²) in [6, 6.07) is 27.4. The standard InChI is InChI=1S/C16H15Si.C14H11.Mg/c1-11-10-15-13-7-5-4-6-12(13)8-9-14(15)16(11)17(2)3;1-10-8-12-7-6-11-4-2-3-5-13(11)14(12)9-10;/h4-9H,1-3H3;2-7H,8H2,1H3;. The van der Waals surface area contributed by atoms with Crippen LogP contribution >= 0.6 is 0 Å². The smallest absolute Gasteiger partial charge is 0.158 e. The molecule has 152 valence electrons. The van der Waals surface area contributed by atoms with Crippen LogP contribution in [0.25, 0.3) is 28.9 Å². The summed E-state index contributed by atoms with van der Waals surface area (Å²) in [4.78, 5) is 0. The predicted molar refractivity (Wildman–Crippen MR) is 144 cm³/mol. The van der Waals surface area contributed by atoms with Gasteiger partial charge in [-0.1, -0.05) is 97.0 Å². The third-order valence-corrected chi connectivity index (χ3v) is 11.7. The van der Waals surface area contributed by atoms with E-state index in [9.17, 15) is 0 Å². The minimum Gasteiger partial charge on any atom is -0.158 e. The van der Waals surface area contributed by atoms with Crippen molar-refractivity contribution < 1.29 is 0 Å². The SMILES string of the molecule is CC1=[C]([Mg][C]2=C(C)C(=[Si](C)C)c3ccc4ccccc4c32)c2c(ccc3ccccc23)C1. The van der Waals surface area contributed by atoms with Crippen molar-refractivity contribution in [3.05, 3.63) is 106 Å². The van der Waals surface area contributed by atoms with Gasteiger partial charge in [0.15, 0.2) is 0 Å². The van der Waals surface area contributed by atoms with E-state index in [1.54, 1.807) is 34.8 Å². The van der Waals surface area contributed by atoms with Gasteiger partial charge < -0.3 is 0 Å². The van der Waals surface area contributed by atoms with Crippen LogP contribution in [0.15, 0.2) is 83.9 Å². The van der Waals surface area contributed by atoms with Gasteiger partial charge in [0, 0.05) is 8.41 Å². The summed E-state index contributed by atoms with van der Waals surface area (Å²) in [5.41, 5.74) is 9.35. The van der Waals surface area contributed by atoms with E-state index in [1.807, 2.05) is 0 Å². The summed E-state index contributed by atoms with van der Waals surface area (Å²) < 4.78 is 3.38. The van der Waals surface area contributed by atoms with Crippen molar-refractivity contribution in [2.75, 3.05) is 0 Å². The van der Waals surface area contributed by atoms with E-state index in [0.717, 1.165) is 6.42 Å². The first-order valence-electron chi connectivity index (χ1n) is 11.6. The highest BCUT2D eigenvalue weighted by molar-refractivity contribution is 6.85. The molecular weight excluding hydrogens is 413 g/mol. The van der Waals surface area contributed by atoms with E-state index in [-0.39, 0.29) is 0 Å².